The Labute approximate surface area is 431 Å². The second-order valence-corrected chi connectivity index (χ2v) is 22.0. The van der Waals surface area contributed by atoms with E-state index in [0.29, 0.717) is 0 Å². The van der Waals surface area contributed by atoms with Crippen LogP contribution in [-0.2, 0) is 0 Å². The molecule has 356 valence electrons. The molecule has 0 saturated carbocycles. The van der Waals surface area contributed by atoms with E-state index in [4.69, 9.17) is 9.97 Å². The second kappa shape index (κ2) is 14.9. The maximum absolute atomic E-state index is 6.07. The van der Waals surface area contributed by atoms with Gasteiger partial charge in [-0.1, -0.05) is 120 Å². The first-order valence-electron chi connectivity index (χ1n) is 26.2. The van der Waals surface area contributed by atoms with Gasteiger partial charge in [-0.15, -0.1) is 0 Å². The second-order valence-electron chi connectivity index (χ2n) is 22.0. The van der Waals surface area contributed by atoms with Crippen LogP contribution in [0.3, 0.4) is 0 Å². The van der Waals surface area contributed by atoms with Gasteiger partial charge in [0.1, 0.15) is 22.7 Å². The highest BCUT2D eigenvalue weighted by Crippen LogP contribution is 2.46. The van der Waals surface area contributed by atoms with Crippen LogP contribution in [0, 0.1) is 76.2 Å². The third-order valence-electron chi connectivity index (χ3n) is 17.0. The summed E-state index contributed by atoms with van der Waals surface area (Å²) in [6.07, 6.45) is 0. The molecule has 9 aromatic carbocycles. The molecule has 6 heterocycles. The van der Waals surface area contributed by atoms with Crippen molar-refractivity contribution >= 4 is 88.8 Å². The van der Waals surface area contributed by atoms with E-state index in [1.807, 2.05) is 0 Å². The van der Waals surface area contributed by atoms with Gasteiger partial charge in [0, 0.05) is 44.0 Å². The van der Waals surface area contributed by atoms with Crippen molar-refractivity contribution in [2.75, 3.05) is 0 Å². The number of para-hydroxylation sites is 4. The number of hydrogen-bond donors (Lipinski definition) is 0. The van der Waals surface area contributed by atoms with Crippen LogP contribution in [0.2, 0.25) is 0 Å². The van der Waals surface area contributed by atoms with E-state index in [-0.39, 0.29) is 6.71 Å². The van der Waals surface area contributed by atoms with Crippen molar-refractivity contribution in [3.8, 4) is 45.5 Å². The van der Waals surface area contributed by atoms with E-state index in [1.165, 1.54) is 155 Å². The van der Waals surface area contributed by atoms with Crippen LogP contribution >= 0.6 is 0 Å². The lowest BCUT2D eigenvalue weighted by atomic mass is 9.34. The van der Waals surface area contributed by atoms with Gasteiger partial charge in [0.2, 0.25) is 0 Å². The Balaban J connectivity index is 1.19. The van der Waals surface area contributed by atoms with E-state index in [9.17, 15) is 0 Å². The minimum Gasteiger partial charge on any atom is -0.307 e. The summed E-state index contributed by atoms with van der Waals surface area (Å²) in [5.41, 5.74) is 33.6. The number of fused-ring (bicyclic) bond motifs is 12. The number of aromatic nitrogens is 6. The number of rotatable bonds is 4. The van der Waals surface area contributed by atoms with Crippen LogP contribution in [0.4, 0.5) is 0 Å². The third kappa shape index (κ3) is 5.46. The normalized spacial score (nSPS) is 12.8. The molecule has 0 amide bonds. The molecule has 0 saturated heterocycles. The number of nitrogens with zero attached hydrogens (tertiary/aromatic N) is 6. The van der Waals surface area contributed by atoms with Gasteiger partial charge in [-0.3, -0.25) is 9.13 Å². The first-order valence-corrected chi connectivity index (χ1v) is 26.2. The van der Waals surface area contributed by atoms with E-state index in [0.717, 1.165) is 33.7 Å². The molecule has 7 heteroatoms. The molecule has 0 atom stereocenters. The molecule has 0 spiro atoms. The van der Waals surface area contributed by atoms with E-state index in [2.05, 4.69) is 228 Å². The summed E-state index contributed by atoms with van der Waals surface area (Å²) in [5.74, 6) is 1.96. The summed E-state index contributed by atoms with van der Waals surface area (Å²) in [7, 11) is 0. The van der Waals surface area contributed by atoms with Crippen LogP contribution in [0.1, 0.15) is 61.2 Å². The summed E-state index contributed by atoms with van der Waals surface area (Å²) in [5, 5.41) is 4.88. The van der Waals surface area contributed by atoms with Crippen molar-refractivity contribution < 1.29 is 0 Å². The Kier molecular flexibility index (Phi) is 8.67. The van der Waals surface area contributed by atoms with Gasteiger partial charge in [-0.2, -0.15) is 0 Å². The molecule has 0 bridgehead atoms. The molecule has 0 aliphatic carbocycles. The molecule has 2 aliphatic rings. The molecule has 2 aliphatic heterocycles. The fourth-order valence-corrected chi connectivity index (χ4v) is 14.4. The summed E-state index contributed by atoms with van der Waals surface area (Å²) in [6, 6.07) is 50.7. The van der Waals surface area contributed by atoms with Crippen LogP contribution in [0.5, 0.6) is 0 Å². The number of aryl methyl sites for hydroxylation is 11. The summed E-state index contributed by atoms with van der Waals surface area (Å²) < 4.78 is 10.2. The lowest BCUT2D eigenvalue weighted by Gasteiger charge is -2.34. The predicted octanol–water partition coefficient (Wildman–Crippen LogP) is 14.4. The molecular weight excluding hydrogens is 900 g/mol. The molecule has 6 nitrogen and oxygen atoms in total. The maximum Gasteiger partial charge on any atom is 0.252 e. The number of benzene rings is 9. The molecule has 13 aromatic rings. The van der Waals surface area contributed by atoms with Gasteiger partial charge in [0.05, 0.1) is 44.5 Å². The standard InChI is InChI=1S/C67H55BN6/c1-34-26-41(8)55(42(9)27-34)66-69-58-62-47(45-22-12-14-24-51(45)71(62)60-37(4)18-16-19-38(60)5)32-49-64(58)73(66)53-30-36(3)31-54-57(53)68(49)50-33-48-46-23-13-15-25-52(46)72(61-39(6)20-17-21-40(61)7)63(48)59-65(50)74(54)67(70-59)56-43(10)28-35(2)29-44(56)11/h12-33H,1-11H3. The molecule has 15 rings (SSSR count). The zero-order valence-corrected chi connectivity index (χ0v) is 44.0. The van der Waals surface area contributed by atoms with Crippen molar-refractivity contribution in [2.24, 2.45) is 0 Å². The fourth-order valence-electron chi connectivity index (χ4n) is 14.4. The quantitative estimate of drug-likeness (QED) is 0.165. The SMILES string of the molecule is Cc1cc(C)c(-c2nc3c4c(cc5c6ccccc6n(-c6c(C)cccc6C)c53)B3c5c(cc(C)cc5-n5c(-c6c(C)cc(C)cc6C)nc6c5c3cc3c5ccccc5n(-c5c(C)cccc5C)c36)-n24)c(C)c1. The topological polar surface area (TPSA) is 45.5 Å². The van der Waals surface area contributed by atoms with Crippen molar-refractivity contribution in [3.05, 3.63) is 195 Å². The first-order chi connectivity index (χ1) is 35.8. The molecule has 74 heavy (non-hydrogen) atoms. The number of hydrogen-bond acceptors (Lipinski definition) is 2. The van der Waals surface area contributed by atoms with Crippen LogP contribution < -0.4 is 16.4 Å². The Morgan fingerprint density at radius 1 is 0.338 bits per heavy atom. The van der Waals surface area contributed by atoms with Gasteiger partial charge in [-0.05, 0) is 167 Å². The van der Waals surface area contributed by atoms with Crippen molar-refractivity contribution in [2.45, 2.75) is 76.2 Å². The molecule has 4 aromatic heterocycles. The van der Waals surface area contributed by atoms with Gasteiger partial charge >= 0.3 is 0 Å². The van der Waals surface area contributed by atoms with E-state index >= 15 is 0 Å². The molecular formula is C67H55BN6. The summed E-state index contributed by atoms with van der Waals surface area (Å²) in [6.45, 7) is 24.6. The molecule has 0 radical (unpaired) electrons. The van der Waals surface area contributed by atoms with Crippen LogP contribution in [-0.4, -0.2) is 34.9 Å². The van der Waals surface area contributed by atoms with Gasteiger partial charge in [-0.25, -0.2) is 9.97 Å². The lowest BCUT2D eigenvalue weighted by molar-refractivity contribution is 1.06. The third-order valence-corrected chi connectivity index (χ3v) is 17.0. The van der Waals surface area contributed by atoms with Gasteiger partial charge < -0.3 is 9.13 Å². The lowest BCUT2D eigenvalue weighted by Crippen LogP contribution is -2.59. The van der Waals surface area contributed by atoms with Gasteiger partial charge in [0.15, 0.2) is 0 Å². The maximum atomic E-state index is 6.07. The summed E-state index contributed by atoms with van der Waals surface area (Å²) in [4.78, 5) is 12.1. The average molecular weight is 955 g/mol. The van der Waals surface area contributed by atoms with Crippen LogP contribution in [0.15, 0.2) is 133 Å². The summed E-state index contributed by atoms with van der Waals surface area (Å²) >= 11 is 0. The largest absolute Gasteiger partial charge is 0.307 e. The highest BCUT2D eigenvalue weighted by Gasteiger charge is 2.44. The average Bonchev–Trinajstić information content (AvgIpc) is 4.15. The zero-order valence-electron chi connectivity index (χ0n) is 44.0. The minimum absolute atomic E-state index is 0.140. The zero-order chi connectivity index (χ0) is 50.5. The Morgan fingerprint density at radius 2 is 0.703 bits per heavy atom. The van der Waals surface area contributed by atoms with Crippen molar-refractivity contribution in [1.29, 1.82) is 0 Å². The first kappa shape index (κ1) is 43.2. The Bertz CT molecular complexity index is 4360. The predicted molar refractivity (Wildman–Crippen MR) is 312 cm³/mol. The molecule has 0 N–H and O–H groups in total. The van der Waals surface area contributed by atoms with Crippen molar-refractivity contribution in [3.63, 3.8) is 0 Å². The fraction of sp³-hybridized carbons (Fsp3) is 0.164. The molecule has 0 fully saturated rings. The smallest absolute Gasteiger partial charge is 0.252 e. The Morgan fingerprint density at radius 3 is 1.09 bits per heavy atom. The number of imidazole rings is 2. The Hall–Kier alpha value is -8.42. The van der Waals surface area contributed by atoms with Crippen molar-refractivity contribution in [1.82, 2.24) is 28.2 Å². The molecule has 0 unspecified atom stereocenters. The highest BCUT2D eigenvalue weighted by atomic mass is 15.1. The van der Waals surface area contributed by atoms with Gasteiger partial charge in [0.25, 0.3) is 6.71 Å². The minimum atomic E-state index is -0.140. The monoisotopic (exact) mass is 954 g/mol. The van der Waals surface area contributed by atoms with E-state index < -0.39 is 0 Å². The van der Waals surface area contributed by atoms with Crippen LogP contribution in [0.25, 0.3) is 111 Å². The highest BCUT2D eigenvalue weighted by molar-refractivity contribution is 7.00. The van der Waals surface area contributed by atoms with E-state index in [1.54, 1.807) is 0 Å².